The fourth-order valence-corrected chi connectivity index (χ4v) is 5.02. The highest BCUT2D eigenvalue weighted by molar-refractivity contribution is 7.89. The molecule has 0 aromatic heterocycles. The number of benzene rings is 1. The molecular formula is C21H34N2O3S. The Morgan fingerprint density at radius 1 is 1.19 bits per heavy atom. The predicted molar refractivity (Wildman–Crippen MR) is 109 cm³/mol. The monoisotopic (exact) mass is 394 g/mol. The average Bonchev–Trinajstić information content (AvgIpc) is 2.68. The van der Waals surface area contributed by atoms with Gasteiger partial charge in [-0.15, -0.1) is 0 Å². The molecular weight excluding hydrogens is 360 g/mol. The van der Waals surface area contributed by atoms with Crippen molar-refractivity contribution in [3.8, 4) is 0 Å². The Morgan fingerprint density at radius 2 is 1.81 bits per heavy atom. The molecule has 1 fully saturated rings. The molecule has 1 amide bonds. The number of amides is 1. The second kappa shape index (κ2) is 10.2. The largest absolute Gasteiger partial charge is 0.356 e. The van der Waals surface area contributed by atoms with Crippen molar-refractivity contribution in [2.45, 2.75) is 64.2 Å². The summed E-state index contributed by atoms with van der Waals surface area (Å²) >= 11 is 0. The molecule has 1 heterocycles. The van der Waals surface area contributed by atoms with Gasteiger partial charge in [0.1, 0.15) is 0 Å². The van der Waals surface area contributed by atoms with E-state index in [2.05, 4.69) is 19.2 Å². The Balaban J connectivity index is 1.85. The summed E-state index contributed by atoms with van der Waals surface area (Å²) in [6.45, 7) is 7.83. The van der Waals surface area contributed by atoms with Crippen molar-refractivity contribution >= 4 is 15.9 Å². The van der Waals surface area contributed by atoms with E-state index < -0.39 is 10.0 Å². The smallest absolute Gasteiger partial charge is 0.243 e. The zero-order valence-corrected chi connectivity index (χ0v) is 17.7. The molecule has 1 aliphatic heterocycles. The van der Waals surface area contributed by atoms with Crippen LogP contribution in [-0.2, 0) is 14.8 Å². The lowest BCUT2D eigenvalue weighted by molar-refractivity contribution is -0.126. The summed E-state index contributed by atoms with van der Waals surface area (Å²) in [5.41, 5.74) is 1.04. The lowest BCUT2D eigenvalue weighted by atomic mass is 9.95. The van der Waals surface area contributed by atoms with Crippen molar-refractivity contribution in [3.63, 3.8) is 0 Å². The molecule has 1 aromatic carbocycles. The number of carbonyl (C=O) groups excluding carboxylic acids is 1. The third-order valence-corrected chi connectivity index (χ3v) is 7.50. The summed E-state index contributed by atoms with van der Waals surface area (Å²) in [6, 6.07) is 6.95. The van der Waals surface area contributed by atoms with Crippen molar-refractivity contribution in [1.29, 1.82) is 0 Å². The first-order valence-corrected chi connectivity index (χ1v) is 11.7. The van der Waals surface area contributed by atoms with Gasteiger partial charge in [0, 0.05) is 25.6 Å². The summed E-state index contributed by atoms with van der Waals surface area (Å²) in [5.74, 6) is 0.534. The van der Waals surface area contributed by atoms with Crippen molar-refractivity contribution in [2.75, 3.05) is 19.6 Å². The van der Waals surface area contributed by atoms with Gasteiger partial charge < -0.3 is 5.32 Å². The third-order valence-electron chi connectivity index (χ3n) is 5.59. The summed E-state index contributed by atoms with van der Waals surface area (Å²) < 4.78 is 27.0. The van der Waals surface area contributed by atoms with E-state index >= 15 is 0 Å². The first kappa shape index (κ1) is 21.9. The minimum atomic E-state index is -3.47. The molecule has 0 bridgehead atoms. The van der Waals surface area contributed by atoms with E-state index in [0.29, 0.717) is 36.7 Å². The summed E-state index contributed by atoms with van der Waals surface area (Å²) in [7, 11) is -3.47. The van der Waals surface area contributed by atoms with Gasteiger partial charge >= 0.3 is 0 Å². The van der Waals surface area contributed by atoms with E-state index in [1.54, 1.807) is 12.1 Å². The molecule has 27 heavy (non-hydrogen) atoms. The number of hydrogen-bond acceptors (Lipinski definition) is 3. The molecule has 152 valence electrons. The Morgan fingerprint density at radius 3 is 2.37 bits per heavy atom. The molecule has 1 N–H and O–H groups in total. The van der Waals surface area contributed by atoms with Crippen LogP contribution >= 0.6 is 0 Å². The summed E-state index contributed by atoms with van der Waals surface area (Å²) in [4.78, 5) is 12.8. The maximum absolute atomic E-state index is 12.8. The first-order valence-electron chi connectivity index (χ1n) is 10.2. The van der Waals surface area contributed by atoms with Gasteiger partial charge in [0.2, 0.25) is 15.9 Å². The van der Waals surface area contributed by atoms with E-state index in [1.165, 1.54) is 17.1 Å². The molecule has 0 saturated carbocycles. The second-order valence-electron chi connectivity index (χ2n) is 7.65. The van der Waals surface area contributed by atoms with E-state index in [4.69, 9.17) is 0 Å². The standard InChI is InChI=1S/C21H34N2O3S/c1-4-6-7-18(5-2)16-22-21(24)19-12-14-23(15-13-19)27(25,26)20-10-8-17(3)9-11-20/h8-11,18-19H,4-7,12-16H2,1-3H3,(H,22,24). The second-order valence-corrected chi connectivity index (χ2v) is 9.59. The van der Waals surface area contributed by atoms with E-state index in [1.807, 2.05) is 19.1 Å². The van der Waals surface area contributed by atoms with Crippen molar-refractivity contribution < 1.29 is 13.2 Å². The quantitative estimate of drug-likeness (QED) is 0.694. The van der Waals surface area contributed by atoms with Crippen LogP contribution < -0.4 is 5.32 Å². The average molecular weight is 395 g/mol. The van der Waals surface area contributed by atoms with Gasteiger partial charge in [-0.2, -0.15) is 4.31 Å². The third kappa shape index (κ3) is 6.04. The van der Waals surface area contributed by atoms with Crippen LogP contribution in [0.25, 0.3) is 0 Å². The normalized spacial score (nSPS) is 17.6. The van der Waals surface area contributed by atoms with Gasteiger partial charge in [-0.3, -0.25) is 4.79 Å². The molecule has 6 heteroatoms. The molecule has 1 atom stereocenters. The fourth-order valence-electron chi connectivity index (χ4n) is 3.55. The highest BCUT2D eigenvalue weighted by atomic mass is 32.2. The lowest BCUT2D eigenvalue weighted by Crippen LogP contribution is -2.43. The molecule has 5 nitrogen and oxygen atoms in total. The number of nitrogens with one attached hydrogen (secondary N) is 1. The molecule has 1 unspecified atom stereocenters. The Labute approximate surface area is 164 Å². The van der Waals surface area contributed by atoms with Crippen molar-refractivity contribution in [3.05, 3.63) is 29.8 Å². The van der Waals surface area contributed by atoms with Crippen LogP contribution in [0.2, 0.25) is 0 Å². The molecule has 1 saturated heterocycles. The highest BCUT2D eigenvalue weighted by Crippen LogP contribution is 2.24. The Kier molecular flexibility index (Phi) is 8.29. The maximum Gasteiger partial charge on any atom is 0.243 e. The van der Waals surface area contributed by atoms with Crippen molar-refractivity contribution in [1.82, 2.24) is 9.62 Å². The number of piperidine rings is 1. The summed E-state index contributed by atoms with van der Waals surface area (Å²) in [5, 5.41) is 3.10. The summed E-state index contributed by atoms with van der Waals surface area (Å²) in [6.07, 6.45) is 5.78. The number of aryl methyl sites for hydroxylation is 1. The number of hydrogen-bond donors (Lipinski definition) is 1. The number of nitrogens with zero attached hydrogens (tertiary/aromatic N) is 1. The zero-order valence-electron chi connectivity index (χ0n) is 16.9. The number of rotatable bonds is 9. The minimum Gasteiger partial charge on any atom is -0.356 e. The maximum atomic E-state index is 12.8. The van der Waals surface area contributed by atoms with Crippen LogP contribution in [0, 0.1) is 18.8 Å². The van der Waals surface area contributed by atoms with Gasteiger partial charge in [0.15, 0.2) is 0 Å². The molecule has 2 rings (SSSR count). The number of carbonyl (C=O) groups is 1. The SMILES string of the molecule is CCCCC(CC)CNC(=O)C1CCN(S(=O)(=O)c2ccc(C)cc2)CC1. The Hall–Kier alpha value is -1.40. The van der Waals surface area contributed by atoms with Crippen molar-refractivity contribution in [2.24, 2.45) is 11.8 Å². The molecule has 1 aromatic rings. The molecule has 0 radical (unpaired) electrons. The topological polar surface area (TPSA) is 66.5 Å². The number of unbranched alkanes of at least 4 members (excludes halogenated alkanes) is 1. The number of sulfonamides is 1. The van der Waals surface area contributed by atoms with Crippen LogP contribution in [0.4, 0.5) is 0 Å². The van der Waals surface area contributed by atoms with Gasteiger partial charge in [-0.1, -0.05) is 50.8 Å². The fraction of sp³-hybridized carbons (Fsp3) is 0.667. The molecule has 1 aliphatic rings. The van der Waals surface area contributed by atoms with E-state index in [9.17, 15) is 13.2 Å². The van der Waals surface area contributed by atoms with Crippen LogP contribution in [0.3, 0.4) is 0 Å². The van der Waals surface area contributed by atoms with Crippen LogP contribution in [-0.4, -0.2) is 38.3 Å². The van der Waals surface area contributed by atoms with Gasteiger partial charge in [-0.25, -0.2) is 8.42 Å². The predicted octanol–water partition coefficient (Wildman–Crippen LogP) is 3.73. The molecule has 0 spiro atoms. The Bertz CT molecular complexity index is 693. The highest BCUT2D eigenvalue weighted by Gasteiger charge is 2.32. The van der Waals surface area contributed by atoms with Gasteiger partial charge in [0.25, 0.3) is 0 Å². The van der Waals surface area contributed by atoms with Crippen LogP contribution in [0.15, 0.2) is 29.2 Å². The van der Waals surface area contributed by atoms with Crippen LogP contribution in [0.5, 0.6) is 0 Å². The van der Waals surface area contributed by atoms with Crippen LogP contribution in [0.1, 0.15) is 57.9 Å². The van der Waals surface area contributed by atoms with Gasteiger partial charge in [-0.05, 0) is 44.2 Å². The lowest BCUT2D eigenvalue weighted by Gasteiger charge is -2.31. The molecule has 0 aliphatic carbocycles. The van der Waals surface area contributed by atoms with Gasteiger partial charge in [0.05, 0.1) is 4.90 Å². The van der Waals surface area contributed by atoms with E-state index in [-0.39, 0.29) is 11.8 Å². The zero-order chi connectivity index (χ0) is 19.9. The van der Waals surface area contributed by atoms with E-state index in [0.717, 1.165) is 24.9 Å². The first-order chi connectivity index (χ1) is 12.9. The minimum absolute atomic E-state index is 0.0809.